The Morgan fingerprint density at radius 2 is 1.83 bits per heavy atom. The van der Waals surface area contributed by atoms with Gasteiger partial charge in [-0.3, -0.25) is 0 Å². The lowest BCUT2D eigenvalue weighted by molar-refractivity contribution is 0.386. The van der Waals surface area contributed by atoms with E-state index in [1.165, 1.54) is 6.07 Å². The van der Waals surface area contributed by atoms with Gasteiger partial charge in [0.15, 0.2) is 11.6 Å². The van der Waals surface area contributed by atoms with E-state index in [2.05, 4.69) is 53.9 Å². The molecule has 0 atom stereocenters. The molecule has 6 rings (SSSR count). The van der Waals surface area contributed by atoms with Crippen molar-refractivity contribution in [2.45, 2.75) is 39.2 Å². The molecule has 186 valence electrons. The number of aryl methyl sites for hydroxylation is 2. The Hall–Kier alpha value is -3.66. The molecular weight excluding hydrogens is 462 g/mol. The van der Waals surface area contributed by atoms with Crippen LogP contribution in [0.4, 0.5) is 26.2 Å². The van der Waals surface area contributed by atoms with E-state index >= 15 is 4.39 Å². The minimum atomic E-state index is -0.627. The van der Waals surface area contributed by atoms with Crippen LogP contribution in [0.15, 0.2) is 30.5 Å². The summed E-state index contributed by atoms with van der Waals surface area (Å²) in [6.45, 7) is 9.91. The van der Waals surface area contributed by atoms with Gasteiger partial charge in [0.2, 0.25) is 5.95 Å². The second kappa shape index (κ2) is 8.48. The predicted octanol–water partition coefficient (Wildman–Crippen LogP) is 4.31. The molecule has 4 aromatic rings. The van der Waals surface area contributed by atoms with Crippen molar-refractivity contribution < 1.29 is 8.78 Å². The molecule has 1 saturated heterocycles. The molecule has 2 aliphatic rings. The molecule has 0 unspecified atom stereocenters. The lowest BCUT2D eigenvalue weighted by atomic mass is 10.0. The quantitative estimate of drug-likeness (QED) is 0.441. The minimum Gasteiger partial charge on any atom is -0.368 e. The second-order valence-corrected chi connectivity index (χ2v) is 10.1. The van der Waals surface area contributed by atoms with E-state index in [1.54, 1.807) is 6.07 Å². The van der Waals surface area contributed by atoms with Crippen molar-refractivity contribution in [1.82, 2.24) is 29.8 Å². The van der Waals surface area contributed by atoms with Crippen molar-refractivity contribution in [3.05, 3.63) is 53.6 Å². The summed E-state index contributed by atoms with van der Waals surface area (Å²) in [6.07, 6.45) is 2.80. The Bertz CT molecular complexity index is 1470. The van der Waals surface area contributed by atoms with Gasteiger partial charge in [0, 0.05) is 43.7 Å². The maximum absolute atomic E-state index is 15.1. The number of nitrogens with zero attached hydrogens (tertiary/aromatic N) is 6. The van der Waals surface area contributed by atoms with Crippen molar-refractivity contribution >= 4 is 28.5 Å². The number of piperazine rings is 1. The number of hydrogen-bond donors (Lipinski definition) is 2. The highest BCUT2D eigenvalue weighted by molar-refractivity contribution is 5.83. The zero-order valence-electron chi connectivity index (χ0n) is 20.6. The first-order valence-corrected chi connectivity index (χ1v) is 12.2. The lowest BCUT2D eigenvalue weighted by Crippen LogP contribution is -2.43. The standard InChI is InChI=1S/C26H28F2N8/c1-15-19(35-10-8-29-9-11-35)4-5-21(31-15)32-25-30-14-18(28)23(34-25)16-12-17(27)24-20(13-16)36-22(33-24)6-7-26(36,2)3/h4-5,12-14,29H,6-11H2,1-3H3,(H,30,31,32,34). The molecule has 0 radical (unpaired) electrons. The minimum absolute atomic E-state index is 0.0220. The fraction of sp³-hybridized carbons (Fsp3) is 0.385. The van der Waals surface area contributed by atoms with Gasteiger partial charge < -0.3 is 20.1 Å². The second-order valence-electron chi connectivity index (χ2n) is 10.1. The molecule has 8 nitrogen and oxygen atoms in total. The highest BCUT2D eigenvalue weighted by Crippen LogP contribution is 2.38. The molecule has 5 heterocycles. The number of anilines is 3. The van der Waals surface area contributed by atoms with Gasteiger partial charge >= 0.3 is 0 Å². The van der Waals surface area contributed by atoms with Crippen LogP contribution in [-0.4, -0.2) is 50.7 Å². The van der Waals surface area contributed by atoms with Gasteiger partial charge in [-0.05, 0) is 51.5 Å². The topological polar surface area (TPSA) is 83.8 Å². The van der Waals surface area contributed by atoms with Crippen LogP contribution in [-0.2, 0) is 12.0 Å². The van der Waals surface area contributed by atoms with Crippen LogP contribution in [0.25, 0.3) is 22.3 Å². The summed E-state index contributed by atoms with van der Waals surface area (Å²) in [6, 6.07) is 6.94. The van der Waals surface area contributed by atoms with Crippen LogP contribution in [0.3, 0.4) is 0 Å². The fourth-order valence-electron chi connectivity index (χ4n) is 5.30. The van der Waals surface area contributed by atoms with Crippen molar-refractivity contribution in [1.29, 1.82) is 0 Å². The number of hydrogen-bond acceptors (Lipinski definition) is 7. The zero-order valence-corrected chi connectivity index (χ0v) is 20.6. The van der Waals surface area contributed by atoms with Gasteiger partial charge in [0.25, 0.3) is 0 Å². The van der Waals surface area contributed by atoms with Crippen molar-refractivity contribution in [3.8, 4) is 11.3 Å². The SMILES string of the molecule is Cc1nc(Nc2ncc(F)c(-c3cc(F)c4nc5n(c4c3)C(C)(C)CC5)n2)ccc1N1CCNCC1. The first kappa shape index (κ1) is 22.8. The number of pyridine rings is 1. The Labute approximate surface area is 207 Å². The lowest BCUT2D eigenvalue weighted by Gasteiger charge is -2.30. The van der Waals surface area contributed by atoms with Gasteiger partial charge in [0.05, 0.1) is 23.1 Å². The molecule has 10 heteroatoms. The predicted molar refractivity (Wildman–Crippen MR) is 136 cm³/mol. The number of fused-ring (bicyclic) bond motifs is 3. The largest absolute Gasteiger partial charge is 0.368 e. The summed E-state index contributed by atoms with van der Waals surface area (Å²) < 4.78 is 32.0. The normalized spacial score (nSPS) is 17.0. The van der Waals surface area contributed by atoms with E-state index in [9.17, 15) is 4.39 Å². The summed E-state index contributed by atoms with van der Waals surface area (Å²) in [4.78, 5) is 19.9. The molecule has 1 fully saturated rings. The third-order valence-corrected chi connectivity index (χ3v) is 7.12. The van der Waals surface area contributed by atoms with Crippen LogP contribution < -0.4 is 15.5 Å². The molecule has 2 aliphatic heterocycles. The monoisotopic (exact) mass is 490 g/mol. The third kappa shape index (κ3) is 3.85. The molecule has 0 saturated carbocycles. The Kier molecular flexibility index (Phi) is 5.36. The molecule has 0 amide bonds. The van der Waals surface area contributed by atoms with Crippen LogP contribution in [0.1, 0.15) is 31.8 Å². The number of imidazole rings is 1. The van der Waals surface area contributed by atoms with Crippen LogP contribution in [0.2, 0.25) is 0 Å². The molecule has 0 spiro atoms. The first-order valence-electron chi connectivity index (χ1n) is 12.2. The number of aromatic nitrogens is 5. The van der Waals surface area contributed by atoms with E-state index in [4.69, 9.17) is 0 Å². The molecule has 0 bridgehead atoms. The summed E-state index contributed by atoms with van der Waals surface area (Å²) in [5.41, 5.74) is 3.10. The van der Waals surface area contributed by atoms with Crippen LogP contribution in [0.5, 0.6) is 0 Å². The van der Waals surface area contributed by atoms with Crippen molar-refractivity contribution in [2.24, 2.45) is 0 Å². The van der Waals surface area contributed by atoms with Crippen molar-refractivity contribution in [3.63, 3.8) is 0 Å². The maximum atomic E-state index is 15.1. The molecule has 3 aromatic heterocycles. The van der Waals surface area contributed by atoms with E-state index in [1.807, 2.05) is 19.1 Å². The third-order valence-electron chi connectivity index (χ3n) is 7.12. The maximum Gasteiger partial charge on any atom is 0.229 e. The Balaban J connectivity index is 1.33. The number of halogens is 2. The van der Waals surface area contributed by atoms with Crippen LogP contribution in [0, 0.1) is 18.6 Å². The van der Waals surface area contributed by atoms with E-state index in [0.29, 0.717) is 22.4 Å². The van der Waals surface area contributed by atoms with Gasteiger partial charge in [-0.1, -0.05) is 0 Å². The van der Waals surface area contributed by atoms with Gasteiger partial charge in [-0.2, -0.15) is 0 Å². The highest BCUT2D eigenvalue weighted by Gasteiger charge is 2.33. The number of nitrogens with one attached hydrogen (secondary N) is 2. The average Bonchev–Trinajstić information content (AvgIpc) is 3.38. The molecule has 2 N–H and O–H groups in total. The summed E-state index contributed by atoms with van der Waals surface area (Å²) in [7, 11) is 0. The Morgan fingerprint density at radius 1 is 1.03 bits per heavy atom. The molecule has 36 heavy (non-hydrogen) atoms. The fourth-order valence-corrected chi connectivity index (χ4v) is 5.30. The number of benzene rings is 1. The first-order chi connectivity index (χ1) is 17.3. The van der Waals surface area contributed by atoms with Gasteiger partial charge in [0.1, 0.15) is 22.9 Å². The Morgan fingerprint density at radius 3 is 2.61 bits per heavy atom. The van der Waals surface area contributed by atoms with Gasteiger partial charge in [-0.25, -0.2) is 28.7 Å². The molecule has 0 aliphatic carbocycles. The highest BCUT2D eigenvalue weighted by atomic mass is 19.1. The molecule has 1 aromatic carbocycles. The van der Waals surface area contributed by atoms with Crippen LogP contribution >= 0.6 is 0 Å². The molecular formula is C26H28F2N8. The van der Waals surface area contributed by atoms with E-state index in [0.717, 1.165) is 62.4 Å². The smallest absolute Gasteiger partial charge is 0.229 e. The zero-order chi connectivity index (χ0) is 25.0. The summed E-state index contributed by atoms with van der Waals surface area (Å²) in [5.74, 6) is 0.474. The van der Waals surface area contributed by atoms with Crippen molar-refractivity contribution in [2.75, 3.05) is 36.4 Å². The van der Waals surface area contributed by atoms with E-state index in [-0.39, 0.29) is 17.2 Å². The average molecular weight is 491 g/mol. The van der Waals surface area contributed by atoms with E-state index < -0.39 is 11.6 Å². The number of rotatable bonds is 4. The summed E-state index contributed by atoms with van der Waals surface area (Å²) in [5, 5.41) is 6.42. The van der Waals surface area contributed by atoms with Gasteiger partial charge in [-0.15, -0.1) is 0 Å². The summed E-state index contributed by atoms with van der Waals surface area (Å²) >= 11 is 0.